The molecule has 2 aromatic heterocycles. The topological polar surface area (TPSA) is 94.6 Å². The van der Waals surface area contributed by atoms with E-state index in [1.165, 1.54) is 30.5 Å². The van der Waals surface area contributed by atoms with E-state index in [0.29, 0.717) is 23.9 Å². The van der Waals surface area contributed by atoms with Crippen molar-refractivity contribution in [3.05, 3.63) is 47.7 Å². The third kappa shape index (κ3) is 3.73. The van der Waals surface area contributed by atoms with Gasteiger partial charge in [-0.25, -0.2) is 8.42 Å². The Morgan fingerprint density at radius 3 is 2.70 bits per heavy atom. The van der Waals surface area contributed by atoms with Crippen molar-refractivity contribution < 1.29 is 22.0 Å². The maximum Gasteiger partial charge on any atom is 0.266 e. The van der Waals surface area contributed by atoms with Crippen molar-refractivity contribution in [2.75, 3.05) is 18.5 Å². The summed E-state index contributed by atoms with van der Waals surface area (Å²) in [5.74, 6) is 0.488. The molecule has 1 N–H and O–H groups in total. The van der Waals surface area contributed by atoms with Gasteiger partial charge in [0.2, 0.25) is 20.7 Å². The first-order chi connectivity index (χ1) is 13.0. The molecule has 1 aliphatic rings. The number of furan rings is 1. The van der Waals surface area contributed by atoms with Crippen LogP contribution < -0.4 is 5.32 Å². The average Bonchev–Trinajstić information content (AvgIpc) is 3.40. The largest absolute Gasteiger partial charge is 0.459 e. The van der Waals surface area contributed by atoms with E-state index in [0.717, 1.165) is 12.8 Å². The number of nitrogens with one attached hydrogen (secondary N) is 1. The van der Waals surface area contributed by atoms with Crippen molar-refractivity contribution in [2.45, 2.75) is 28.9 Å². The highest BCUT2D eigenvalue weighted by atomic mass is 35.5. The molecule has 0 radical (unpaired) electrons. The SMILES string of the molecule is O=S(=O)(c1ccc(Cl)cc1)c1nc(-c2ccco2)oc1NCC1CCCO1. The Kier molecular flexibility index (Phi) is 4.94. The predicted molar refractivity (Wildman–Crippen MR) is 98.6 cm³/mol. The molecule has 0 bridgehead atoms. The van der Waals surface area contributed by atoms with Crippen LogP contribution in [0.4, 0.5) is 5.88 Å². The van der Waals surface area contributed by atoms with Crippen molar-refractivity contribution in [1.82, 2.24) is 4.98 Å². The number of aromatic nitrogens is 1. The monoisotopic (exact) mass is 408 g/mol. The highest BCUT2D eigenvalue weighted by molar-refractivity contribution is 7.91. The average molecular weight is 409 g/mol. The molecule has 9 heteroatoms. The van der Waals surface area contributed by atoms with Crippen LogP contribution >= 0.6 is 11.6 Å². The zero-order valence-corrected chi connectivity index (χ0v) is 15.8. The smallest absolute Gasteiger partial charge is 0.266 e. The molecule has 1 unspecified atom stereocenters. The Morgan fingerprint density at radius 1 is 1.22 bits per heavy atom. The van der Waals surface area contributed by atoms with Crippen LogP contribution in [-0.2, 0) is 14.6 Å². The third-order valence-corrected chi connectivity index (χ3v) is 6.15. The number of sulfone groups is 1. The summed E-state index contributed by atoms with van der Waals surface area (Å²) in [4.78, 5) is 4.26. The lowest BCUT2D eigenvalue weighted by atomic mass is 10.2. The fourth-order valence-electron chi connectivity index (χ4n) is 2.84. The Bertz CT molecular complexity index is 1010. The molecule has 7 nitrogen and oxygen atoms in total. The highest BCUT2D eigenvalue weighted by Crippen LogP contribution is 2.33. The van der Waals surface area contributed by atoms with Crippen molar-refractivity contribution in [1.29, 1.82) is 0 Å². The number of anilines is 1. The standard InChI is InChI=1S/C18H17ClN2O5S/c19-12-5-7-14(8-6-12)27(22,23)18-17(20-11-13-3-1-9-24-13)26-16(21-18)15-4-2-10-25-15/h2,4-8,10,13,20H,1,3,9,11H2. The molecule has 1 saturated heterocycles. The molecule has 0 aliphatic carbocycles. The van der Waals surface area contributed by atoms with Crippen LogP contribution in [0.1, 0.15) is 12.8 Å². The Hall–Kier alpha value is -2.29. The van der Waals surface area contributed by atoms with Gasteiger partial charge in [0, 0.05) is 18.2 Å². The predicted octanol–water partition coefficient (Wildman–Crippen LogP) is 4.01. The lowest BCUT2D eigenvalue weighted by Gasteiger charge is -2.10. The molecule has 1 aromatic carbocycles. The normalized spacial score (nSPS) is 17.3. The lowest BCUT2D eigenvalue weighted by Crippen LogP contribution is -2.19. The summed E-state index contributed by atoms with van der Waals surface area (Å²) in [6, 6.07) is 9.22. The van der Waals surface area contributed by atoms with Crippen LogP contribution in [-0.4, -0.2) is 32.7 Å². The number of benzene rings is 1. The van der Waals surface area contributed by atoms with E-state index in [9.17, 15) is 8.42 Å². The van der Waals surface area contributed by atoms with E-state index in [-0.39, 0.29) is 27.8 Å². The van der Waals surface area contributed by atoms with Gasteiger partial charge in [-0.2, -0.15) is 4.98 Å². The first-order valence-corrected chi connectivity index (χ1v) is 10.3. The molecule has 0 spiro atoms. The highest BCUT2D eigenvalue weighted by Gasteiger charge is 2.30. The summed E-state index contributed by atoms with van der Waals surface area (Å²) < 4.78 is 42.7. The van der Waals surface area contributed by atoms with Crippen molar-refractivity contribution in [3.8, 4) is 11.7 Å². The van der Waals surface area contributed by atoms with Crippen LogP contribution in [0.25, 0.3) is 11.7 Å². The first kappa shape index (κ1) is 18.1. The molecule has 1 fully saturated rings. The van der Waals surface area contributed by atoms with Gasteiger partial charge in [0.05, 0.1) is 17.3 Å². The summed E-state index contributed by atoms with van der Waals surface area (Å²) in [5.41, 5.74) is 0. The summed E-state index contributed by atoms with van der Waals surface area (Å²) >= 11 is 5.87. The zero-order valence-electron chi connectivity index (χ0n) is 14.2. The van der Waals surface area contributed by atoms with Gasteiger partial charge in [-0.1, -0.05) is 11.6 Å². The second-order valence-electron chi connectivity index (χ2n) is 6.10. The Morgan fingerprint density at radius 2 is 2.04 bits per heavy atom. The Labute approximate surface area is 161 Å². The van der Waals surface area contributed by atoms with Gasteiger partial charge in [0.1, 0.15) is 0 Å². The van der Waals surface area contributed by atoms with Crippen molar-refractivity contribution in [3.63, 3.8) is 0 Å². The molecular weight excluding hydrogens is 392 g/mol. The first-order valence-electron chi connectivity index (χ1n) is 8.45. The summed E-state index contributed by atoms with van der Waals surface area (Å²) in [6.45, 7) is 1.13. The minimum absolute atomic E-state index is 0.00764. The Balaban J connectivity index is 1.71. The van der Waals surface area contributed by atoms with Gasteiger partial charge in [0.15, 0.2) is 5.76 Å². The second-order valence-corrected chi connectivity index (χ2v) is 8.41. The number of hydrogen-bond donors (Lipinski definition) is 1. The summed E-state index contributed by atoms with van der Waals surface area (Å²) in [5, 5.41) is 3.27. The maximum absolute atomic E-state index is 13.1. The van der Waals surface area contributed by atoms with Crippen molar-refractivity contribution in [2.24, 2.45) is 0 Å². The molecule has 3 aromatic rings. The summed E-state index contributed by atoms with van der Waals surface area (Å²) in [6.07, 6.45) is 3.36. The van der Waals surface area contributed by atoms with Crippen LogP contribution in [0, 0.1) is 0 Å². The molecule has 3 heterocycles. The lowest BCUT2D eigenvalue weighted by molar-refractivity contribution is 0.120. The molecule has 142 valence electrons. The van der Waals surface area contributed by atoms with Gasteiger partial charge in [0.25, 0.3) is 5.89 Å². The van der Waals surface area contributed by atoms with Gasteiger partial charge in [-0.3, -0.25) is 0 Å². The summed E-state index contributed by atoms with van der Waals surface area (Å²) in [7, 11) is -3.91. The number of hydrogen-bond acceptors (Lipinski definition) is 7. The number of halogens is 1. The maximum atomic E-state index is 13.1. The van der Waals surface area contributed by atoms with Crippen LogP contribution in [0.2, 0.25) is 5.02 Å². The number of oxazole rings is 1. The number of ether oxygens (including phenoxy) is 1. The van der Waals surface area contributed by atoms with E-state index in [4.69, 9.17) is 25.2 Å². The number of nitrogens with zero attached hydrogens (tertiary/aromatic N) is 1. The van der Waals surface area contributed by atoms with E-state index in [1.54, 1.807) is 12.1 Å². The van der Waals surface area contributed by atoms with Crippen molar-refractivity contribution >= 4 is 27.3 Å². The van der Waals surface area contributed by atoms with E-state index < -0.39 is 9.84 Å². The van der Waals surface area contributed by atoms with E-state index in [1.807, 2.05) is 0 Å². The minimum Gasteiger partial charge on any atom is -0.459 e. The van der Waals surface area contributed by atoms with Crippen LogP contribution in [0.3, 0.4) is 0 Å². The van der Waals surface area contributed by atoms with Gasteiger partial charge >= 0.3 is 0 Å². The second kappa shape index (κ2) is 7.38. The molecule has 0 amide bonds. The van der Waals surface area contributed by atoms with Gasteiger partial charge in [-0.05, 0) is 49.2 Å². The molecule has 27 heavy (non-hydrogen) atoms. The van der Waals surface area contributed by atoms with E-state index in [2.05, 4.69) is 10.3 Å². The van der Waals surface area contributed by atoms with Gasteiger partial charge < -0.3 is 18.9 Å². The minimum atomic E-state index is -3.91. The molecule has 0 saturated carbocycles. The molecule has 1 aliphatic heterocycles. The fourth-order valence-corrected chi connectivity index (χ4v) is 4.25. The third-order valence-electron chi connectivity index (χ3n) is 4.22. The zero-order chi connectivity index (χ0) is 18.9. The van der Waals surface area contributed by atoms with E-state index >= 15 is 0 Å². The number of rotatable bonds is 6. The quantitative estimate of drug-likeness (QED) is 0.658. The van der Waals surface area contributed by atoms with Crippen LogP contribution in [0.15, 0.2) is 61.4 Å². The molecule has 4 rings (SSSR count). The molecular formula is C18H17ClN2O5S. The van der Waals surface area contributed by atoms with Gasteiger partial charge in [-0.15, -0.1) is 0 Å². The fraction of sp³-hybridized carbons (Fsp3) is 0.278. The molecule has 1 atom stereocenters. The van der Waals surface area contributed by atoms with Crippen LogP contribution in [0.5, 0.6) is 0 Å².